The minimum Gasteiger partial charge on any atom is -0.367 e. The topological polar surface area (TPSA) is 57.3 Å². The van der Waals surface area contributed by atoms with Gasteiger partial charge in [0.1, 0.15) is 11.9 Å². The molecule has 1 aliphatic rings. The first-order valence-corrected chi connectivity index (χ1v) is 6.55. The summed E-state index contributed by atoms with van der Waals surface area (Å²) >= 11 is 0. The fourth-order valence-electron chi connectivity index (χ4n) is 2.40. The van der Waals surface area contributed by atoms with Crippen molar-refractivity contribution >= 4 is 23.1 Å². The highest BCUT2D eigenvalue weighted by Gasteiger charge is 2.31. The first-order chi connectivity index (χ1) is 10.1. The Balaban J connectivity index is 1.96. The van der Waals surface area contributed by atoms with Crippen LogP contribution in [-0.2, 0) is 4.79 Å². The number of pyridine rings is 1. The van der Waals surface area contributed by atoms with E-state index in [0.717, 1.165) is 11.5 Å². The smallest absolute Gasteiger partial charge is 0.251 e. The van der Waals surface area contributed by atoms with Crippen LogP contribution in [0, 0.1) is 5.82 Å². The van der Waals surface area contributed by atoms with Crippen LogP contribution in [0.3, 0.4) is 0 Å². The summed E-state index contributed by atoms with van der Waals surface area (Å²) < 4.78 is 13.4. The maximum Gasteiger partial charge on any atom is 0.251 e. The lowest BCUT2D eigenvalue weighted by Crippen LogP contribution is -2.22. The van der Waals surface area contributed by atoms with Crippen LogP contribution in [0.2, 0.25) is 0 Å². The van der Waals surface area contributed by atoms with Crippen molar-refractivity contribution in [2.75, 3.05) is 29.6 Å². The largest absolute Gasteiger partial charge is 0.367 e. The van der Waals surface area contributed by atoms with E-state index >= 15 is 0 Å². The van der Waals surface area contributed by atoms with E-state index in [0.29, 0.717) is 11.3 Å². The second-order valence-corrected chi connectivity index (χ2v) is 5.07. The summed E-state index contributed by atoms with van der Waals surface area (Å²) in [6.07, 6.45) is 1.68. The summed E-state index contributed by atoms with van der Waals surface area (Å²) in [5.41, 5.74) is 1.96. The molecule has 0 aliphatic carbocycles. The normalized spacial score (nSPS) is 16.3. The molecule has 1 aromatic heterocycles. The van der Waals surface area contributed by atoms with Gasteiger partial charge in [0, 0.05) is 31.5 Å². The molecule has 0 saturated heterocycles. The van der Waals surface area contributed by atoms with Gasteiger partial charge < -0.3 is 15.5 Å². The zero-order valence-corrected chi connectivity index (χ0v) is 11.7. The van der Waals surface area contributed by atoms with Crippen molar-refractivity contribution in [3.63, 3.8) is 0 Å². The zero-order chi connectivity index (χ0) is 15.0. The Labute approximate surface area is 121 Å². The van der Waals surface area contributed by atoms with E-state index in [1.807, 2.05) is 25.1 Å². The van der Waals surface area contributed by atoms with Gasteiger partial charge in [-0.3, -0.25) is 4.79 Å². The fourth-order valence-corrected chi connectivity index (χ4v) is 2.40. The van der Waals surface area contributed by atoms with Crippen molar-refractivity contribution < 1.29 is 9.18 Å². The molecule has 6 heteroatoms. The Morgan fingerprint density at radius 2 is 2.14 bits per heavy atom. The van der Waals surface area contributed by atoms with E-state index < -0.39 is 6.04 Å². The molecular formula is C15H15FN4O. The molecule has 0 fully saturated rings. The molecule has 21 heavy (non-hydrogen) atoms. The minimum atomic E-state index is -0.626. The predicted octanol–water partition coefficient (Wildman–Crippen LogP) is 2.39. The number of hydrogen-bond donors (Lipinski definition) is 2. The lowest BCUT2D eigenvalue weighted by atomic mass is 10.1. The van der Waals surface area contributed by atoms with Crippen molar-refractivity contribution in [1.82, 2.24) is 4.98 Å². The van der Waals surface area contributed by atoms with E-state index in [1.54, 1.807) is 18.3 Å². The highest BCUT2D eigenvalue weighted by Crippen LogP contribution is 2.35. The van der Waals surface area contributed by atoms with Gasteiger partial charge in [0.2, 0.25) is 0 Å². The van der Waals surface area contributed by atoms with Gasteiger partial charge in [0.15, 0.2) is 5.82 Å². The Morgan fingerprint density at radius 1 is 1.33 bits per heavy atom. The molecule has 5 nitrogen and oxygen atoms in total. The van der Waals surface area contributed by atoms with Crippen LogP contribution in [-0.4, -0.2) is 25.0 Å². The number of fused-ring (bicyclic) bond motifs is 1. The fraction of sp³-hybridized carbons (Fsp3) is 0.200. The highest BCUT2D eigenvalue weighted by atomic mass is 19.1. The van der Waals surface area contributed by atoms with Gasteiger partial charge in [0.05, 0.1) is 5.69 Å². The third-order valence-electron chi connectivity index (χ3n) is 3.35. The SMILES string of the molecule is CN(C)c1ncccc1NC1C(=O)Nc2ccc(F)cc21. The number of aromatic nitrogens is 1. The monoisotopic (exact) mass is 286 g/mol. The number of carbonyl (C=O) groups is 1. The molecule has 3 rings (SSSR count). The van der Waals surface area contributed by atoms with Crippen LogP contribution in [0.4, 0.5) is 21.6 Å². The van der Waals surface area contributed by atoms with Gasteiger partial charge in [-0.05, 0) is 30.3 Å². The van der Waals surface area contributed by atoms with Crippen molar-refractivity contribution in [1.29, 1.82) is 0 Å². The summed E-state index contributed by atoms with van der Waals surface area (Å²) in [7, 11) is 3.74. The summed E-state index contributed by atoms with van der Waals surface area (Å²) in [6, 6.07) is 7.27. The average Bonchev–Trinajstić information content (AvgIpc) is 2.75. The molecule has 1 aromatic carbocycles. The van der Waals surface area contributed by atoms with E-state index in [4.69, 9.17) is 0 Å². The molecule has 1 atom stereocenters. The summed E-state index contributed by atoms with van der Waals surface area (Å²) in [4.78, 5) is 18.2. The van der Waals surface area contributed by atoms with Gasteiger partial charge in [-0.1, -0.05) is 0 Å². The number of nitrogens with one attached hydrogen (secondary N) is 2. The average molecular weight is 286 g/mol. The third-order valence-corrected chi connectivity index (χ3v) is 3.35. The van der Waals surface area contributed by atoms with Crippen molar-refractivity contribution in [3.05, 3.63) is 47.9 Å². The molecule has 0 bridgehead atoms. The van der Waals surface area contributed by atoms with Gasteiger partial charge in [0.25, 0.3) is 5.91 Å². The highest BCUT2D eigenvalue weighted by molar-refractivity contribution is 6.04. The van der Waals surface area contributed by atoms with Crippen molar-refractivity contribution in [3.8, 4) is 0 Å². The minimum absolute atomic E-state index is 0.204. The van der Waals surface area contributed by atoms with Crippen molar-refractivity contribution in [2.45, 2.75) is 6.04 Å². The number of hydrogen-bond acceptors (Lipinski definition) is 4. The standard InChI is InChI=1S/C15H15FN4O/c1-20(2)14-12(4-3-7-17-14)18-13-10-8-9(16)5-6-11(10)19-15(13)21/h3-8,13,18H,1-2H3,(H,19,21). The first kappa shape index (κ1) is 13.4. The predicted molar refractivity (Wildman–Crippen MR) is 80.0 cm³/mol. The molecule has 2 aromatic rings. The Hall–Kier alpha value is -2.63. The lowest BCUT2D eigenvalue weighted by molar-refractivity contribution is -0.116. The number of nitrogens with zero attached hydrogens (tertiary/aromatic N) is 2. The molecule has 1 aliphatic heterocycles. The number of anilines is 3. The van der Waals surface area contributed by atoms with E-state index in [-0.39, 0.29) is 11.7 Å². The first-order valence-electron chi connectivity index (χ1n) is 6.55. The second-order valence-electron chi connectivity index (χ2n) is 5.07. The number of carbonyl (C=O) groups excluding carboxylic acids is 1. The maximum absolute atomic E-state index is 13.4. The van der Waals surface area contributed by atoms with Crippen LogP contribution in [0.25, 0.3) is 0 Å². The number of amides is 1. The molecule has 1 unspecified atom stereocenters. The number of rotatable bonds is 3. The van der Waals surface area contributed by atoms with E-state index in [9.17, 15) is 9.18 Å². The van der Waals surface area contributed by atoms with Gasteiger partial charge in [-0.2, -0.15) is 0 Å². The van der Waals surface area contributed by atoms with Gasteiger partial charge in [-0.25, -0.2) is 9.37 Å². The number of halogens is 1. The molecule has 0 spiro atoms. The summed E-state index contributed by atoms with van der Waals surface area (Å²) in [5.74, 6) is 0.149. The van der Waals surface area contributed by atoms with Gasteiger partial charge in [-0.15, -0.1) is 0 Å². The van der Waals surface area contributed by atoms with Crippen LogP contribution in [0.5, 0.6) is 0 Å². The molecule has 1 amide bonds. The molecule has 2 heterocycles. The lowest BCUT2D eigenvalue weighted by Gasteiger charge is -2.19. The maximum atomic E-state index is 13.4. The molecule has 108 valence electrons. The quantitative estimate of drug-likeness (QED) is 0.909. The van der Waals surface area contributed by atoms with E-state index in [2.05, 4.69) is 15.6 Å². The Morgan fingerprint density at radius 3 is 2.90 bits per heavy atom. The van der Waals surface area contributed by atoms with Gasteiger partial charge >= 0.3 is 0 Å². The van der Waals surface area contributed by atoms with Crippen LogP contribution in [0.15, 0.2) is 36.5 Å². The van der Waals surface area contributed by atoms with Crippen LogP contribution >= 0.6 is 0 Å². The molecule has 2 N–H and O–H groups in total. The van der Waals surface area contributed by atoms with Crippen LogP contribution < -0.4 is 15.5 Å². The molecular weight excluding hydrogens is 271 g/mol. The number of benzene rings is 1. The molecule has 0 saturated carbocycles. The molecule has 0 radical (unpaired) electrons. The Kier molecular flexibility index (Phi) is 3.21. The zero-order valence-electron chi connectivity index (χ0n) is 11.7. The third kappa shape index (κ3) is 2.40. The second kappa shape index (κ2) is 5.05. The summed E-state index contributed by atoms with van der Waals surface area (Å²) in [5, 5.41) is 5.88. The van der Waals surface area contributed by atoms with E-state index in [1.165, 1.54) is 12.1 Å². The summed E-state index contributed by atoms with van der Waals surface area (Å²) in [6.45, 7) is 0. The van der Waals surface area contributed by atoms with Crippen LogP contribution in [0.1, 0.15) is 11.6 Å². The van der Waals surface area contributed by atoms with Crippen molar-refractivity contribution in [2.24, 2.45) is 0 Å². The Bertz CT molecular complexity index is 702.